The molecule has 1 N–H and O–H groups in total. The summed E-state index contributed by atoms with van der Waals surface area (Å²) in [5.74, 6) is 0. The monoisotopic (exact) mass is 460 g/mol. The van der Waals surface area contributed by atoms with Crippen molar-refractivity contribution in [2.45, 2.75) is 12.5 Å². The first-order chi connectivity index (χ1) is 16.8. The largest absolute Gasteiger partial charge is 0.359 e. The van der Waals surface area contributed by atoms with Crippen molar-refractivity contribution < 1.29 is 4.74 Å². The van der Waals surface area contributed by atoms with Crippen molar-refractivity contribution >= 4 is 28.7 Å². The highest BCUT2D eigenvalue weighted by Gasteiger charge is 2.40. The van der Waals surface area contributed by atoms with E-state index in [-0.39, 0.29) is 0 Å². The average Bonchev–Trinajstić information content (AvgIpc) is 3.65. The number of aromatic nitrogens is 1. The maximum Gasteiger partial charge on any atom is 0.167 e. The number of nitrogens with zero attached hydrogens (tertiary/aromatic N) is 1. The van der Waals surface area contributed by atoms with Crippen LogP contribution in [0.3, 0.4) is 0 Å². The third kappa shape index (κ3) is 3.43. The van der Waals surface area contributed by atoms with Crippen molar-refractivity contribution in [3.63, 3.8) is 0 Å². The fourth-order valence-electron chi connectivity index (χ4n) is 4.73. The molecule has 0 saturated heterocycles. The van der Waals surface area contributed by atoms with Gasteiger partial charge >= 0.3 is 0 Å². The molecule has 0 amide bonds. The van der Waals surface area contributed by atoms with E-state index in [9.17, 15) is 0 Å². The van der Waals surface area contributed by atoms with Gasteiger partial charge in [-0.3, -0.25) is 0 Å². The molecule has 3 nitrogen and oxygen atoms in total. The van der Waals surface area contributed by atoms with Crippen LogP contribution < -0.4 is 0 Å². The van der Waals surface area contributed by atoms with Crippen molar-refractivity contribution in [2.75, 3.05) is 6.61 Å². The van der Waals surface area contributed by atoms with Crippen molar-refractivity contribution in [1.82, 2.24) is 4.98 Å². The first-order valence-electron chi connectivity index (χ1n) is 11.5. The zero-order chi connectivity index (χ0) is 23.0. The minimum Gasteiger partial charge on any atom is -0.359 e. The molecular formula is C30H24N2OS. The fourth-order valence-corrected chi connectivity index (χ4v) is 6.00. The standard InChI is InChI=1S/C30H24N2OS/c1-2-33-30(22-11-7-4-8-12-22)27-19-16-24(32-27)14-13-23-15-17-25(31-23)29(21-9-5-3-6-10-21)26-18-20-28(30)34-26/h3-20,32H,2H2,1H3/b14-13-,29-25-. The molecule has 2 aromatic heterocycles. The predicted octanol–water partition coefficient (Wildman–Crippen LogP) is 7.20. The summed E-state index contributed by atoms with van der Waals surface area (Å²) in [6.07, 6.45) is 8.33. The lowest BCUT2D eigenvalue weighted by atomic mass is 9.88. The van der Waals surface area contributed by atoms with Gasteiger partial charge in [0.05, 0.1) is 17.1 Å². The number of aliphatic imine (C=N–C) groups is 1. The van der Waals surface area contributed by atoms with Gasteiger partial charge < -0.3 is 9.72 Å². The zero-order valence-electron chi connectivity index (χ0n) is 18.9. The topological polar surface area (TPSA) is 37.4 Å². The number of allylic oxidation sites excluding steroid dienone is 3. The summed E-state index contributed by atoms with van der Waals surface area (Å²) in [6, 6.07) is 29.7. The molecule has 34 heavy (non-hydrogen) atoms. The molecule has 1 atom stereocenters. The molecule has 4 aromatic rings. The first kappa shape index (κ1) is 20.8. The molecule has 1 unspecified atom stereocenters. The van der Waals surface area contributed by atoms with Crippen LogP contribution in [0.1, 0.15) is 39.2 Å². The molecular weight excluding hydrogens is 436 g/mol. The zero-order valence-corrected chi connectivity index (χ0v) is 19.7. The van der Waals surface area contributed by atoms with E-state index in [1.54, 1.807) is 11.3 Å². The second-order valence-electron chi connectivity index (χ2n) is 8.30. The van der Waals surface area contributed by atoms with Crippen molar-refractivity contribution in [2.24, 2.45) is 4.99 Å². The van der Waals surface area contributed by atoms with Crippen LogP contribution in [-0.4, -0.2) is 17.3 Å². The van der Waals surface area contributed by atoms with Crippen LogP contribution in [-0.2, 0) is 10.3 Å². The Morgan fingerprint density at radius 2 is 1.59 bits per heavy atom. The molecule has 2 aromatic carbocycles. The van der Waals surface area contributed by atoms with E-state index < -0.39 is 5.60 Å². The Morgan fingerprint density at radius 1 is 0.824 bits per heavy atom. The highest BCUT2D eigenvalue weighted by atomic mass is 32.1. The predicted molar refractivity (Wildman–Crippen MR) is 141 cm³/mol. The molecule has 0 saturated carbocycles. The van der Waals surface area contributed by atoms with E-state index in [2.05, 4.69) is 109 Å². The van der Waals surface area contributed by atoms with Crippen molar-refractivity contribution in [3.8, 4) is 0 Å². The van der Waals surface area contributed by atoms with Crippen molar-refractivity contribution in [1.29, 1.82) is 0 Å². The van der Waals surface area contributed by atoms with Crippen LogP contribution in [0.5, 0.6) is 0 Å². The Hall–Kier alpha value is -3.73. The van der Waals surface area contributed by atoms with E-state index >= 15 is 0 Å². The van der Waals surface area contributed by atoms with Gasteiger partial charge in [0.1, 0.15) is 0 Å². The first-order valence-corrected chi connectivity index (χ1v) is 12.3. The summed E-state index contributed by atoms with van der Waals surface area (Å²) in [7, 11) is 0. The molecule has 0 aliphatic carbocycles. The number of thiophene rings is 1. The summed E-state index contributed by atoms with van der Waals surface area (Å²) < 4.78 is 6.69. The molecule has 0 radical (unpaired) electrons. The molecule has 2 aliphatic rings. The quantitative estimate of drug-likeness (QED) is 0.343. The van der Waals surface area contributed by atoms with E-state index in [0.717, 1.165) is 44.4 Å². The van der Waals surface area contributed by atoms with Crippen molar-refractivity contribution in [3.05, 3.63) is 141 Å². The van der Waals surface area contributed by atoms with E-state index in [1.165, 1.54) is 4.88 Å². The van der Waals surface area contributed by atoms with Gasteiger partial charge in [-0.1, -0.05) is 60.7 Å². The van der Waals surface area contributed by atoms with Gasteiger partial charge in [-0.15, -0.1) is 11.3 Å². The third-order valence-electron chi connectivity index (χ3n) is 6.24. The molecule has 4 heteroatoms. The lowest BCUT2D eigenvalue weighted by Gasteiger charge is -2.33. The summed E-state index contributed by atoms with van der Waals surface area (Å²) in [4.78, 5) is 10.9. The van der Waals surface area contributed by atoms with Crippen LogP contribution in [0.2, 0.25) is 0 Å². The van der Waals surface area contributed by atoms with Gasteiger partial charge in [0.25, 0.3) is 0 Å². The second-order valence-corrected chi connectivity index (χ2v) is 9.38. The average molecular weight is 461 g/mol. The van der Waals surface area contributed by atoms with Gasteiger partial charge in [0.15, 0.2) is 5.60 Å². The Balaban J connectivity index is 1.66. The normalized spacial score (nSPS) is 22.0. The van der Waals surface area contributed by atoms with Gasteiger partial charge in [-0.25, -0.2) is 4.99 Å². The molecule has 0 fully saturated rings. The van der Waals surface area contributed by atoms with Gasteiger partial charge in [-0.05, 0) is 66.6 Å². The minimum absolute atomic E-state index is 0.578. The SMILES string of the molecule is CCOC1(c2ccccc2)c2ccc([nH]2)/C=C\C2=NC(=C(/c3ccccc3)c3ccc1s3)/C=C2. The van der Waals surface area contributed by atoms with Crippen LogP contribution in [0, 0.1) is 0 Å². The van der Waals surface area contributed by atoms with E-state index in [0.29, 0.717) is 6.61 Å². The molecule has 6 rings (SSSR count). The van der Waals surface area contributed by atoms with Crippen LogP contribution in [0.25, 0.3) is 11.6 Å². The Kier molecular flexibility index (Phi) is 5.25. The summed E-state index contributed by atoms with van der Waals surface area (Å²) in [5.41, 5.74) is 6.62. The second kappa shape index (κ2) is 8.56. The molecule has 166 valence electrons. The Bertz CT molecular complexity index is 1450. The van der Waals surface area contributed by atoms with E-state index in [4.69, 9.17) is 9.73 Å². The number of ether oxygens (including phenoxy) is 1. The summed E-state index contributed by atoms with van der Waals surface area (Å²) in [5, 5.41) is 0. The number of nitrogens with one attached hydrogen (secondary N) is 1. The van der Waals surface area contributed by atoms with Gasteiger partial charge in [-0.2, -0.15) is 0 Å². The van der Waals surface area contributed by atoms with E-state index in [1.807, 2.05) is 12.1 Å². The molecule has 0 spiro atoms. The molecule has 6 bridgehead atoms. The molecule has 2 aliphatic heterocycles. The number of hydrogen-bond donors (Lipinski definition) is 1. The third-order valence-corrected chi connectivity index (χ3v) is 7.45. The summed E-state index contributed by atoms with van der Waals surface area (Å²) in [6.45, 7) is 2.63. The number of hydrogen-bond acceptors (Lipinski definition) is 3. The number of fused-ring (bicyclic) bond motifs is 5. The Labute approximate surface area is 203 Å². The maximum absolute atomic E-state index is 6.69. The number of aromatic amines is 1. The smallest absolute Gasteiger partial charge is 0.167 e. The highest BCUT2D eigenvalue weighted by molar-refractivity contribution is 7.13. The van der Waals surface area contributed by atoms with Crippen LogP contribution in [0.4, 0.5) is 0 Å². The number of benzene rings is 2. The lowest BCUT2D eigenvalue weighted by Crippen LogP contribution is -2.32. The fraction of sp³-hybridized carbons (Fsp3) is 0.100. The number of rotatable bonds is 4. The number of H-pyrrole nitrogens is 1. The van der Waals surface area contributed by atoms with Gasteiger partial charge in [0, 0.05) is 27.6 Å². The van der Waals surface area contributed by atoms with Gasteiger partial charge in [0.2, 0.25) is 0 Å². The van der Waals surface area contributed by atoms with Crippen LogP contribution >= 0.6 is 11.3 Å². The lowest BCUT2D eigenvalue weighted by molar-refractivity contribution is 0.0214. The summed E-state index contributed by atoms with van der Waals surface area (Å²) >= 11 is 1.76. The minimum atomic E-state index is -0.731. The highest BCUT2D eigenvalue weighted by Crippen LogP contribution is 2.45. The Morgan fingerprint density at radius 3 is 2.38 bits per heavy atom. The maximum atomic E-state index is 6.69. The molecule has 4 heterocycles. The van der Waals surface area contributed by atoms with Crippen LogP contribution in [0.15, 0.2) is 114 Å².